The van der Waals surface area contributed by atoms with E-state index in [2.05, 4.69) is 223 Å². The maximum Gasteiger partial charge on any atom is 0.143 e. The van der Waals surface area contributed by atoms with Crippen molar-refractivity contribution in [3.05, 3.63) is 224 Å². The zero-order valence-electron chi connectivity index (χ0n) is 31.7. The summed E-state index contributed by atoms with van der Waals surface area (Å²) < 4.78 is 6.77. The smallest absolute Gasteiger partial charge is 0.143 e. The van der Waals surface area contributed by atoms with Crippen molar-refractivity contribution in [1.82, 2.24) is 0 Å². The second kappa shape index (κ2) is 14.1. The molecule has 0 saturated heterocycles. The highest BCUT2D eigenvalue weighted by Gasteiger charge is 2.18. The molecule has 0 atom stereocenters. The molecule has 0 aliphatic carbocycles. The fraction of sp³-hybridized carbons (Fsp3) is 0. The van der Waals surface area contributed by atoms with Gasteiger partial charge in [-0.25, -0.2) is 0 Å². The van der Waals surface area contributed by atoms with Crippen LogP contribution in [0, 0.1) is 0 Å². The fourth-order valence-electron chi connectivity index (χ4n) is 8.66. The van der Waals surface area contributed by atoms with E-state index in [0.29, 0.717) is 0 Å². The van der Waals surface area contributed by atoms with Crippen LogP contribution in [0.3, 0.4) is 0 Å². The lowest BCUT2D eigenvalue weighted by Gasteiger charge is -2.27. The SMILES string of the molecule is c1ccc(-c2cccc3c2oc2c(-c4cccc(-c5ccc(N(c6ccc(-c7cccc8ccccc78)cc6)c6cccc7ccccc67)cc5)c4)cccc23)cc1. The van der Waals surface area contributed by atoms with Crippen LogP contribution in [-0.2, 0) is 0 Å². The van der Waals surface area contributed by atoms with E-state index in [9.17, 15) is 0 Å². The summed E-state index contributed by atoms with van der Waals surface area (Å²) in [6, 6.07) is 80.5. The van der Waals surface area contributed by atoms with Gasteiger partial charge in [-0.05, 0) is 85.9 Å². The van der Waals surface area contributed by atoms with Gasteiger partial charge in [0.15, 0.2) is 0 Å². The number of rotatable bonds is 7. The maximum absolute atomic E-state index is 6.77. The van der Waals surface area contributed by atoms with E-state index < -0.39 is 0 Å². The largest absolute Gasteiger partial charge is 0.455 e. The van der Waals surface area contributed by atoms with E-state index in [1.807, 2.05) is 6.07 Å². The van der Waals surface area contributed by atoms with E-state index in [1.165, 1.54) is 32.7 Å². The molecule has 1 aromatic heterocycles. The summed E-state index contributed by atoms with van der Waals surface area (Å²) in [5, 5.41) is 7.17. The van der Waals surface area contributed by atoms with Crippen molar-refractivity contribution in [2.45, 2.75) is 0 Å². The highest BCUT2D eigenvalue weighted by atomic mass is 16.3. The zero-order valence-corrected chi connectivity index (χ0v) is 31.7. The summed E-state index contributed by atoms with van der Waals surface area (Å²) >= 11 is 0. The Bertz CT molecular complexity index is 3260. The van der Waals surface area contributed by atoms with Crippen LogP contribution in [0.4, 0.5) is 17.1 Å². The van der Waals surface area contributed by atoms with Gasteiger partial charge < -0.3 is 9.32 Å². The minimum absolute atomic E-state index is 0.908. The summed E-state index contributed by atoms with van der Waals surface area (Å²) in [5.41, 5.74) is 14.4. The molecule has 0 radical (unpaired) electrons. The average Bonchev–Trinajstić information content (AvgIpc) is 3.69. The Kier molecular flexibility index (Phi) is 8.19. The van der Waals surface area contributed by atoms with Gasteiger partial charge in [-0.3, -0.25) is 0 Å². The molecule has 0 unspecified atom stereocenters. The number of para-hydroxylation sites is 2. The molecule has 1 heterocycles. The molecule has 0 bridgehead atoms. The Labute approximate surface area is 337 Å². The Morgan fingerprint density at radius 2 is 0.724 bits per heavy atom. The monoisotopic (exact) mass is 739 g/mol. The van der Waals surface area contributed by atoms with Crippen molar-refractivity contribution < 1.29 is 4.42 Å². The summed E-state index contributed by atoms with van der Waals surface area (Å²) in [5.74, 6) is 0. The summed E-state index contributed by atoms with van der Waals surface area (Å²) in [6.07, 6.45) is 0. The highest BCUT2D eigenvalue weighted by Crippen LogP contribution is 2.43. The first-order chi connectivity index (χ1) is 28.8. The standard InChI is InChI=1S/C56H37NO/c1-2-13-41(14-3-1)50-24-11-26-52-53-27-12-25-51(56(53)58-55(50)52)44-20-8-19-43(37-44)38-29-33-45(34-30-38)57(54-28-10-18-40-16-5-7-22-49(40)54)46-35-31-42(32-36-46)48-23-9-17-39-15-4-6-21-47(39)48/h1-37H. The van der Waals surface area contributed by atoms with Crippen LogP contribution in [0.1, 0.15) is 0 Å². The van der Waals surface area contributed by atoms with E-state index in [0.717, 1.165) is 72.4 Å². The van der Waals surface area contributed by atoms with Crippen LogP contribution in [-0.4, -0.2) is 0 Å². The topological polar surface area (TPSA) is 16.4 Å². The third kappa shape index (κ3) is 5.82. The number of anilines is 3. The zero-order chi connectivity index (χ0) is 38.4. The van der Waals surface area contributed by atoms with Gasteiger partial charge in [0, 0.05) is 38.7 Å². The Balaban J connectivity index is 0.975. The van der Waals surface area contributed by atoms with Crippen molar-refractivity contribution >= 4 is 60.5 Å². The third-order valence-corrected chi connectivity index (χ3v) is 11.5. The van der Waals surface area contributed by atoms with E-state index in [1.54, 1.807) is 0 Å². The fourth-order valence-corrected chi connectivity index (χ4v) is 8.66. The molecule has 0 saturated carbocycles. The van der Waals surface area contributed by atoms with E-state index in [-0.39, 0.29) is 0 Å². The second-order valence-corrected chi connectivity index (χ2v) is 14.9. The molecule has 0 N–H and O–H groups in total. The number of hydrogen-bond acceptors (Lipinski definition) is 2. The van der Waals surface area contributed by atoms with E-state index in [4.69, 9.17) is 4.42 Å². The second-order valence-electron chi connectivity index (χ2n) is 14.9. The number of furan rings is 1. The molecule has 0 amide bonds. The van der Waals surface area contributed by atoms with E-state index >= 15 is 0 Å². The average molecular weight is 740 g/mol. The predicted octanol–water partition coefficient (Wildman–Crippen LogP) is 16.0. The summed E-state index contributed by atoms with van der Waals surface area (Å²) in [4.78, 5) is 2.38. The van der Waals surface area contributed by atoms with Crippen molar-refractivity contribution in [2.75, 3.05) is 4.90 Å². The van der Waals surface area contributed by atoms with Gasteiger partial charge in [-0.1, -0.05) is 188 Å². The normalized spacial score (nSPS) is 11.4. The van der Waals surface area contributed by atoms with Crippen molar-refractivity contribution in [3.8, 4) is 44.5 Å². The predicted molar refractivity (Wildman–Crippen MR) is 245 cm³/mol. The molecule has 0 spiro atoms. The molecule has 272 valence electrons. The Morgan fingerprint density at radius 1 is 0.276 bits per heavy atom. The molecule has 11 rings (SSSR count). The third-order valence-electron chi connectivity index (χ3n) is 11.5. The van der Waals surface area contributed by atoms with Gasteiger partial charge in [0.1, 0.15) is 11.2 Å². The number of benzene rings is 10. The Hall–Kier alpha value is -7.68. The van der Waals surface area contributed by atoms with Crippen molar-refractivity contribution in [2.24, 2.45) is 0 Å². The first-order valence-corrected chi connectivity index (χ1v) is 19.8. The van der Waals surface area contributed by atoms with Gasteiger partial charge in [-0.2, -0.15) is 0 Å². The maximum atomic E-state index is 6.77. The lowest BCUT2D eigenvalue weighted by atomic mass is 9.97. The molecule has 10 aromatic carbocycles. The summed E-state index contributed by atoms with van der Waals surface area (Å²) in [7, 11) is 0. The Morgan fingerprint density at radius 3 is 1.43 bits per heavy atom. The molecular formula is C56H37NO. The van der Waals surface area contributed by atoms with Crippen LogP contribution in [0.25, 0.3) is 88.0 Å². The van der Waals surface area contributed by atoms with Gasteiger partial charge in [0.05, 0.1) is 5.69 Å². The van der Waals surface area contributed by atoms with Gasteiger partial charge >= 0.3 is 0 Å². The number of hydrogen-bond donors (Lipinski definition) is 0. The lowest BCUT2D eigenvalue weighted by molar-refractivity contribution is 0.671. The minimum Gasteiger partial charge on any atom is -0.455 e. The minimum atomic E-state index is 0.908. The molecular weight excluding hydrogens is 703 g/mol. The summed E-state index contributed by atoms with van der Waals surface area (Å²) in [6.45, 7) is 0. The molecule has 11 aromatic rings. The first kappa shape index (κ1) is 33.6. The van der Waals surface area contributed by atoms with Gasteiger partial charge in [0.25, 0.3) is 0 Å². The first-order valence-electron chi connectivity index (χ1n) is 19.8. The van der Waals surface area contributed by atoms with Crippen LogP contribution in [0.5, 0.6) is 0 Å². The number of fused-ring (bicyclic) bond motifs is 5. The van der Waals surface area contributed by atoms with Gasteiger partial charge in [0.2, 0.25) is 0 Å². The van der Waals surface area contributed by atoms with Crippen LogP contribution in [0.15, 0.2) is 229 Å². The molecule has 0 aliphatic rings. The molecule has 2 heteroatoms. The van der Waals surface area contributed by atoms with Crippen LogP contribution >= 0.6 is 0 Å². The van der Waals surface area contributed by atoms with Crippen molar-refractivity contribution in [3.63, 3.8) is 0 Å². The molecule has 0 aliphatic heterocycles. The highest BCUT2D eigenvalue weighted by molar-refractivity contribution is 6.13. The lowest BCUT2D eigenvalue weighted by Crippen LogP contribution is -2.10. The molecule has 0 fully saturated rings. The molecule has 58 heavy (non-hydrogen) atoms. The molecule has 2 nitrogen and oxygen atoms in total. The van der Waals surface area contributed by atoms with Crippen molar-refractivity contribution in [1.29, 1.82) is 0 Å². The number of nitrogens with zero attached hydrogens (tertiary/aromatic N) is 1. The van der Waals surface area contributed by atoms with Crippen LogP contribution in [0.2, 0.25) is 0 Å². The quantitative estimate of drug-likeness (QED) is 0.162. The van der Waals surface area contributed by atoms with Gasteiger partial charge in [-0.15, -0.1) is 0 Å². The van der Waals surface area contributed by atoms with Crippen LogP contribution < -0.4 is 4.90 Å².